The molecule has 0 saturated heterocycles. The summed E-state index contributed by atoms with van der Waals surface area (Å²) in [5.41, 5.74) is 10.5. The van der Waals surface area contributed by atoms with Gasteiger partial charge in [-0.25, -0.2) is 0 Å². The van der Waals surface area contributed by atoms with Crippen LogP contribution < -0.4 is 5.73 Å². The molecule has 1 aliphatic rings. The van der Waals surface area contributed by atoms with Gasteiger partial charge in [0.25, 0.3) is 0 Å². The lowest BCUT2D eigenvalue weighted by Crippen LogP contribution is -2.03. The molecule has 1 heterocycles. The molecule has 1 aromatic heterocycles. The average molecular weight is 262 g/mol. The SMILES string of the molecule is Cn1nc(-c2cc(Cl)c3c(c2)CCCC3)cc1N. The summed E-state index contributed by atoms with van der Waals surface area (Å²) < 4.78 is 1.68. The summed E-state index contributed by atoms with van der Waals surface area (Å²) >= 11 is 6.38. The molecule has 94 valence electrons. The maximum absolute atomic E-state index is 6.38. The molecule has 0 amide bonds. The lowest BCUT2D eigenvalue weighted by Gasteiger charge is -2.18. The second-order valence-electron chi connectivity index (χ2n) is 4.88. The van der Waals surface area contributed by atoms with E-state index in [-0.39, 0.29) is 0 Å². The van der Waals surface area contributed by atoms with Crippen LogP contribution in [0.2, 0.25) is 5.02 Å². The summed E-state index contributed by atoms with van der Waals surface area (Å²) in [5.74, 6) is 0.666. The molecule has 1 aliphatic carbocycles. The van der Waals surface area contributed by atoms with Gasteiger partial charge in [-0.3, -0.25) is 4.68 Å². The highest BCUT2D eigenvalue weighted by Crippen LogP contribution is 2.33. The number of aromatic nitrogens is 2. The van der Waals surface area contributed by atoms with Crippen LogP contribution >= 0.6 is 11.6 Å². The number of nitrogens with two attached hydrogens (primary N) is 1. The Morgan fingerprint density at radius 2 is 2.00 bits per heavy atom. The second kappa shape index (κ2) is 4.32. The lowest BCUT2D eigenvalue weighted by atomic mass is 9.90. The maximum Gasteiger partial charge on any atom is 0.121 e. The molecule has 1 aromatic carbocycles. The highest BCUT2D eigenvalue weighted by molar-refractivity contribution is 6.31. The molecule has 0 atom stereocenters. The van der Waals surface area contributed by atoms with Crippen LogP contribution in [0.4, 0.5) is 5.82 Å². The van der Waals surface area contributed by atoms with Gasteiger partial charge in [0, 0.05) is 23.7 Å². The fourth-order valence-electron chi connectivity index (χ4n) is 2.58. The van der Waals surface area contributed by atoms with E-state index < -0.39 is 0 Å². The summed E-state index contributed by atoms with van der Waals surface area (Å²) in [6.45, 7) is 0. The molecule has 0 bridgehead atoms. The maximum atomic E-state index is 6.38. The standard InChI is InChI=1S/C14H16ClN3/c1-18-14(16)8-13(17-18)10-6-9-4-2-3-5-11(9)12(15)7-10/h6-8H,2-5,16H2,1H3. The molecule has 0 unspecified atom stereocenters. The molecule has 0 saturated carbocycles. The van der Waals surface area contributed by atoms with Gasteiger partial charge < -0.3 is 5.73 Å². The Balaban J connectivity index is 2.10. The van der Waals surface area contributed by atoms with Crippen molar-refractivity contribution in [2.75, 3.05) is 5.73 Å². The fraction of sp³-hybridized carbons (Fsp3) is 0.357. The first kappa shape index (κ1) is 11.6. The Bertz CT molecular complexity index is 582. The zero-order valence-corrected chi connectivity index (χ0v) is 11.2. The molecule has 0 aliphatic heterocycles. The smallest absolute Gasteiger partial charge is 0.121 e. The molecular weight excluding hydrogens is 246 g/mol. The van der Waals surface area contributed by atoms with Gasteiger partial charge in [0.15, 0.2) is 0 Å². The van der Waals surface area contributed by atoms with Crippen LogP contribution in [0.3, 0.4) is 0 Å². The number of hydrogen-bond acceptors (Lipinski definition) is 2. The van der Waals surface area contributed by atoms with Gasteiger partial charge >= 0.3 is 0 Å². The Hall–Kier alpha value is -1.48. The zero-order valence-electron chi connectivity index (χ0n) is 10.4. The van der Waals surface area contributed by atoms with Gasteiger partial charge in [0.05, 0.1) is 5.69 Å². The first-order chi connectivity index (χ1) is 8.65. The first-order valence-electron chi connectivity index (χ1n) is 6.26. The quantitative estimate of drug-likeness (QED) is 0.857. The molecule has 3 rings (SSSR count). The predicted octanol–water partition coefficient (Wildman–Crippen LogP) is 3.20. The van der Waals surface area contributed by atoms with Crippen LogP contribution in [0, 0.1) is 0 Å². The van der Waals surface area contributed by atoms with E-state index in [1.54, 1.807) is 4.68 Å². The Labute approximate surface area is 112 Å². The number of anilines is 1. The van der Waals surface area contributed by atoms with Gasteiger partial charge in [-0.05, 0) is 48.9 Å². The fourth-order valence-corrected chi connectivity index (χ4v) is 2.92. The molecule has 18 heavy (non-hydrogen) atoms. The van der Waals surface area contributed by atoms with Crippen LogP contribution in [0.15, 0.2) is 18.2 Å². The molecule has 2 aromatic rings. The summed E-state index contributed by atoms with van der Waals surface area (Å²) in [6.07, 6.45) is 4.70. The number of hydrogen-bond donors (Lipinski definition) is 1. The van der Waals surface area contributed by atoms with Crippen molar-refractivity contribution in [2.45, 2.75) is 25.7 Å². The number of halogens is 1. The third-order valence-electron chi connectivity index (χ3n) is 3.62. The summed E-state index contributed by atoms with van der Waals surface area (Å²) in [6, 6.07) is 6.11. The molecule has 2 N–H and O–H groups in total. The number of benzene rings is 1. The number of rotatable bonds is 1. The third-order valence-corrected chi connectivity index (χ3v) is 3.96. The molecule has 0 radical (unpaired) electrons. The van der Waals surface area contributed by atoms with E-state index in [2.05, 4.69) is 11.2 Å². The third kappa shape index (κ3) is 1.89. The minimum absolute atomic E-state index is 0.666. The van der Waals surface area contributed by atoms with E-state index in [1.807, 2.05) is 19.2 Å². The highest BCUT2D eigenvalue weighted by Gasteiger charge is 2.15. The molecule has 4 heteroatoms. The minimum Gasteiger partial charge on any atom is -0.384 e. The minimum atomic E-state index is 0.666. The summed E-state index contributed by atoms with van der Waals surface area (Å²) in [7, 11) is 1.85. The number of nitrogens with zero attached hydrogens (tertiary/aromatic N) is 2. The first-order valence-corrected chi connectivity index (χ1v) is 6.64. The van der Waals surface area contributed by atoms with Crippen molar-refractivity contribution in [2.24, 2.45) is 7.05 Å². The van der Waals surface area contributed by atoms with Gasteiger partial charge in [-0.2, -0.15) is 5.10 Å². The number of nitrogen functional groups attached to an aromatic ring is 1. The van der Waals surface area contributed by atoms with E-state index >= 15 is 0 Å². The number of fused-ring (bicyclic) bond motifs is 1. The van der Waals surface area contributed by atoms with Gasteiger partial charge in [0.1, 0.15) is 5.82 Å². The molecule has 0 fully saturated rings. The van der Waals surface area contributed by atoms with Crippen molar-refractivity contribution >= 4 is 17.4 Å². The largest absolute Gasteiger partial charge is 0.384 e. The van der Waals surface area contributed by atoms with E-state index in [0.717, 1.165) is 29.1 Å². The lowest BCUT2D eigenvalue weighted by molar-refractivity contribution is 0.686. The normalized spacial score (nSPS) is 14.6. The van der Waals surface area contributed by atoms with Crippen molar-refractivity contribution in [3.63, 3.8) is 0 Å². The van der Waals surface area contributed by atoms with Crippen LogP contribution in [-0.4, -0.2) is 9.78 Å². The van der Waals surface area contributed by atoms with Crippen molar-refractivity contribution in [3.05, 3.63) is 34.3 Å². The predicted molar refractivity (Wildman–Crippen MR) is 74.7 cm³/mol. The van der Waals surface area contributed by atoms with Crippen molar-refractivity contribution in [1.29, 1.82) is 0 Å². The van der Waals surface area contributed by atoms with Crippen LogP contribution in [0.1, 0.15) is 24.0 Å². The van der Waals surface area contributed by atoms with Gasteiger partial charge in [0.2, 0.25) is 0 Å². The second-order valence-corrected chi connectivity index (χ2v) is 5.29. The topological polar surface area (TPSA) is 43.8 Å². The van der Waals surface area contributed by atoms with E-state index in [4.69, 9.17) is 17.3 Å². The monoisotopic (exact) mass is 261 g/mol. The van der Waals surface area contributed by atoms with Gasteiger partial charge in [-0.1, -0.05) is 11.6 Å². The van der Waals surface area contributed by atoms with Crippen LogP contribution in [-0.2, 0) is 19.9 Å². The molecular formula is C14H16ClN3. The van der Waals surface area contributed by atoms with E-state index in [9.17, 15) is 0 Å². The Morgan fingerprint density at radius 1 is 1.22 bits per heavy atom. The Morgan fingerprint density at radius 3 is 2.72 bits per heavy atom. The van der Waals surface area contributed by atoms with Gasteiger partial charge in [-0.15, -0.1) is 0 Å². The molecule has 3 nitrogen and oxygen atoms in total. The summed E-state index contributed by atoms with van der Waals surface area (Å²) in [4.78, 5) is 0. The van der Waals surface area contributed by atoms with E-state index in [0.29, 0.717) is 5.82 Å². The van der Waals surface area contributed by atoms with E-state index in [1.165, 1.54) is 24.0 Å². The van der Waals surface area contributed by atoms with Crippen molar-refractivity contribution < 1.29 is 0 Å². The number of aryl methyl sites for hydroxylation is 2. The van der Waals surface area contributed by atoms with Crippen molar-refractivity contribution in [1.82, 2.24) is 9.78 Å². The highest BCUT2D eigenvalue weighted by atomic mass is 35.5. The summed E-state index contributed by atoms with van der Waals surface area (Å²) in [5, 5.41) is 5.27. The average Bonchev–Trinajstić information content (AvgIpc) is 2.70. The molecule has 0 spiro atoms. The van der Waals surface area contributed by atoms with Crippen LogP contribution in [0.25, 0.3) is 11.3 Å². The zero-order chi connectivity index (χ0) is 12.7. The Kier molecular flexibility index (Phi) is 2.78. The van der Waals surface area contributed by atoms with Crippen LogP contribution in [0.5, 0.6) is 0 Å². The van der Waals surface area contributed by atoms with Crippen molar-refractivity contribution in [3.8, 4) is 11.3 Å².